The average molecular weight is 250 g/mol. The van der Waals surface area contributed by atoms with E-state index < -0.39 is 0 Å². The van der Waals surface area contributed by atoms with Crippen molar-refractivity contribution in [2.24, 2.45) is 0 Å². The zero-order valence-corrected chi connectivity index (χ0v) is 11.6. The summed E-state index contributed by atoms with van der Waals surface area (Å²) < 4.78 is 0. The fourth-order valence-electron chi connectivity index (χ4n) is 2.63. The molecule has 2 nitrogen and oxygen atoms in total. The first-order valence-electron chi connectivity index (χ1n) is 6.59. The highest BCUT2D eigenvalue weighted by molar-refractivity contribution is 5.91. The molecule has 2 aromatic heterocycles. The van der Waals surface area contributed by atoms with Gasteiger partial charge in [-0.25, -0.2) is 0 Å². The molecule has 3 rings (SSSR count). The van der Waals surface area contributed by atoms with E-state index in [1.54, 1.807) is 0 Å². The van der Waals surface area contributed by atoms with Crippen LogP contribution in [0.3, 0.4) is 0 Å². The average Bonchev–Trinajstić information content (AvgIpc) is 2.79. The van der Waals surface area contributed by atoms with Crippen LogP contribution in [0.1, 0.15) is 26.3 Å². The van der Waals surface area contributed by atoms with E-state index in [1.807, 2.05) is 24.5 Å². The molecule has 0 aliphatic rings. The van der Waals surface area contributed by atoms with Crippen LogP contribution in [0.2, 0.25) is 0 Å². The molecule has 2 heterocycles. The third kappa shape index (κ3) is 2.03. The van der Waals surface area contributed by atoms with Crippen LogP contribution in [0.5, 0.6) is 0 Å². The Labute approximate surface area is 113 Å². The molecule has 1 aromatic carbocycles. The molecule has 0 fully saturated rings. The Kier molecular flexibility index (Phi) is 2.67. The van der Waals surface area contributed by atoms with Crippen LogP contribution in [-0.2, 0) is 5.41 Å². The number of H-pyrrole nitrogens is 1. The first-order chi connectivity index (χ1) is 9.07. The normalized spacial score (nSPS) is 11.9. The molecule has 0 radical (unpaired) electrons. The summed E-state index contributed by atoms with van der Waals surface area (Å²) in [5, 5.41) is 1.22. The van der Waals surface area contributed by atoms with Crippen LogP contribution in [0.15, 0.2) is 48.8 Å². The molecule has 0 saturated carbocycles. The van der Waals surface area contributed by atoms with E-state index in [4.69, 9.17) is 0 Å². The summed E-state index contributed by atoms with van der Waals surface area (Å²) in [6.07, 6.45) is 3.79. The van der Waals surface area contributed by atoms with Crippen molar-refractivity contribution < 1.29 is 0 Å². The summed E-state index contributed by atoms with van der Waals surface area (Å²) in [6, 6.07) is 12.5. The number of aromatic nitrogens is 2. The van der Waals surface area contributed by atoms with Crippen LogP contribution < -0.4 is 0 Å². The molecule has 1 N–H and O–H groups in total. The second-order valence-corrected chi connectivity index (χ2v) is 5.91. The number of benzene rings is 1. The van der Waals surface area contributed by atoms with Gasteiger partial charge in [0.2, 0.25) is 0 Å². The SMILES string of the molecule is CC(C)(C)c1c(-c2ccccc2)[nH]c2ccncc12. The Bertz CT molecular complexity index is 703. The molecule has 0 aliphatic carbocycles. The van der Waals surface area contributed by atoms with Crippen molar-refractivity contribution >= 4 is 10.9 Å². The predicted octanol–water partition coefficient (Wildman–Crippen LogP) is 4.53. The highest BCUT2D eigenvalue weighted by Crippen LogP contribution is 2.37. The number of nitrogens with one attached hydrogen (secondary N) is 1. The largest absolute Gasteiger partial charge is 0.354 e. The summed E-state index contributed by atoms with van der Waals surface area (Å²) in [7, 11) is 0. The summed E-state index contributed by atoms with van der Waals surface area (Å²) in [5.74, 6) is 0. The maximum absolute atomic E-state index is 4.27. The molecule has 96 valence electrons. The van der Waals surface area contributed by atoms with E-state index in [0.29, 0.717) is 0 Å². The predicted molar refractivity (Wildman–Crippen MR) is 80.2 cm³/mol. The van der Waals surface area contributed by atoms with Crippen LogP contribution >= 0.6 is 0 Å². The molecule has 0 aliphatic heterocycles. The second-order valence-electron chi connectivity index (χ2n) is 5.91. The summed E-state index contributed by atoms with van der Waals surface area (Å²) >= 11 is 0. The fourth-order valence-corrected chi connectivity index (χ4v) is 2.63. The van der Waals surface area contributed by atoms with Crippen molar-refractivity contribution in [1.29, 1.82) is 0 Å². The van der Waals surface area contributed by atoms with Gasteiger partial charge in [-0.3, -0.25) is 4.98 Å². The smallest absolute Gasteiger partial charge is 0.0503 e. The molecule has 0 atom stereocenters. The van der Waals surface area contributed by atoms with E-state index in [1.165, 1.54) is 22.2 Å². The highest BCUT2D eigenvalue weighted by atomic mass is 14.8. The molecule has 0 unspecified atom stereocenters. The van der Waals surface area contributed by atoms with Crippen LogP contribution in [-0.4, -0.2) is 9.97 Å². The van der Waals surface area contributed by atoms with Gasteiger partial charge in [-0.05, 0) is 22.6 Å². The fraction of sp³-hybridized carbons (Fsp3) is 0.235. The van der Waals surface area contributed by atoms with Crippen molar-refractivity contribution in [1.82, 2.24) is 9.97 Å². The number of hydrogen-bond acceptors (Lipinski definition) is 1. The summed E-state index contributed by atoms with van der Waals surface area (Å²) in [6.45, 7) is 6.74. The highest BCUT2D eigenvalue weighted by Gasteiger charge is 2.23. The van der Waals surface area contributed by atoms with Crippen LogP contribution in [0.4, 0.5) is 0 Å². The quantitative estimate of drug-likeness (QED) is 0.675. The summed E-state index contributed by atoms with van der Waals surface area (Å²) in [4.78, 5) is 7.82. The van der Waals surface area contributed by atoms with Crippen molar-refractivity contribution in [2.75, 3.05) is 0 Å². The second kappa shape index (κ2) is 4.23. The van der Waals surface area contributed by atoms with E-state index >= 15 is 0 Å². The van der Waals surface area contributed by atoms with Gasteiger partial charge in [0, 0.05) is 23.3 Å². The minimum absolute atomic E-state index is 0.0759. The molecule has 3 aromatic rings. The first-order valence-corrected chi connectivity index (χ1v) is 6.59. The van der Waals surface area contributed by atoms with Gasteiger partial charge in [-0.15, -0.1) is 0 Å². The molecular formula is C17H18N2. The third-order valence-electron chi connectivity index (χ3n) is 3.41. The lowest BCUT2D eigenvalue weighted by Gasteiger charge is -2.20. The van der Waals surface area contributed by atoms with E-state index in [2.05, 4.69) is 55.0 Å². The van der Waals surface area contributed by atoms with Gasteiger partial charge in [0.1, 0.15) is 0 Å². The topological polar surface area (TPSA) is 28.7 Å². The molecule has 0 spiro atoms. The van der Waals surface area contributed by atoms with Crippen molar-refractivity contribution in [2.45, 2.75) is 26.2 Å². The Balaban J connectivity index is 2.36. The lowest BCUT2D eigenvalue weighted by atomic mass is 9.84. The van der Waals surface area contributed by atoms with E-state index in [9.17, 15) is 0 Å². The van der Waals surface area contributed by atoms with Gasteiger partial charge < -0.3 is 4.98 Å². The zero-order chi connectivity index (χ0) is 13.5. The first kappa shape index (κ1) is 12.0. The van der Waals surface area contributed by atoms with Crippen molar-refractivity contribution in [3.05, 3.63) is 54.4 Å². The van der Waals surface area contributed by atoms with Gasteiger partial charge in [0.05, 0.1) is 5.69 Å². The third-order valence-corrected chi connectivity index (χ3v) is 3.41. The lowest BCUT2D eigenvalue weighted by Crippen LogP contribution is -2.11. The van der Waals surface area contributed by atoms with Crippen molar-refractivity contribution in [3.63, 3.8) is 0 Å². The molecule has 0 bridgehead atoms. The monoisotopic (exact) mass is 250 g/mol. The van der Waals surface area contributed by atoms with Gasteiger partial charge in [0.25, 0.3) is 0 Å². The Hall–Kier alpha value is -2.09. The molecule has 2 heteroatoms. The number of pyridine rings is 1. The molecule has 0 amide bonds. The van der Waals surface area contributed by atoms with Crippen molar-refractivity contribution in [3.8, 4) is 11.3 Å². The van der Waals surface area contributed by atoms with Gasteiger partial charge in [-0.1, -0.05) is 51.1 Å². The minimum Gasteiger partial charge on any atom is -0.354 e. The minimum atomic E-state index is 0.0759. The number of hydrogen-bond donors (Lipinski definition) is 1. The van der Waals surface area contributed by atoms with E-state index in [-0.39, 0.29) is 5.41 Å². The molecular weight excluding hydrogens is 232 g/mol. The lowest BCUT2D eigenvalue weighted by molar-refractivity contribution is 0.597. The maximum atomic E-state index is 4.27. The molecule has 0 saturated heterocycles. The van der Waals surface area contributed by atoms with Gasteiger partial charge in [-0.2, -0.15) is 0 Å². The molecule has 19 heavy (non-hydrogen) atoms. The zero-order valence-electron chi connectivity index (χ0n) is 11.6. The maximum Gasteiger partial charge on any atom is 0.0503 e. The Morgan fingerprint density at radius 1 is 1.00 bits per heavy atom. The Morgan fingerprint density at radius 3 is 2.42 bits per heavy atom. The number of nitrogens with zero attached hydrogens (tertiary/aromatic N) is 1. The number of fused-ring (bicyclic) bond motifs is 1. The summed E-state index contributed by atoms with van der Waals surface area (Å²) in [5.41, 5.74) is 4.99. The standard InChI is InChI=1S/C17H18N2/c1-17(2,3)15-13-11-18-10-9-14(13)19-16(15)12-7-5-4-6-8-12/h4-11,19H,1-3H3. The van der Waals surface area contributed by atoms with Crippen LogP contribution in [0, 0.1) is 0 Å². The number of rotatable bonds is 1. The van der Waals surface area contributed by atoms with Gasteiger partial charge >= 0.3 is 0 Å². The number of aromatic amines is 1. The Morgan fingerprint density at radius 2 is 1.74 bits per heavy atom. The van der Waals surface area contributed by atoms with Crippen LogP contribution in [0.25, 0.3) is 22.2 Å². The van der Waals surface area contributed by atoms with Gasteiger partial charge in [0.15, 0.2) is 0 Å². The van der Waals surface area contributed by atoms with E-state index in [0.717, 1.165) is 5.52 Å².